The van der Waals surface area contributed by atoms with E-state index in [1.807, 2.05) is 12.3 Å². The summed E-state index contributed by atoms with van der Waals surface area (Å²) >= 11 is 0. The van der Waals surface area contributed by atoms with Crippen molar-refractivity contribution in [2.45, 2.75) is 45.3 Å². The van der Waals surface area contributed by atoms with E-state index >= 15 is 0 Å². The molecule has 2 aromatic rings. The number of aromatic nitrogens is 1. The first-order chi connectivity index (χ1) is 11.0. The zero-order chi connectivity index (χ0) is 15.8. The fourth-order valence-corrected chi connectivity index (χ4v) is 5.32. The number of benzene rings is 1. The summed E-state index contributed by atoms with van der Waals surface area (Å²) < 4.78 is 13.0. The van der Waals surface area contributed by atoms with Gasteiger partial charge in [-0.3, -0.25) is 4.98 Å². The van der Waals surface area contributed by atoms with Gasteiger partial charge in [0.05, 0.1) is 17.2 Å². The summed E-state index contributed by atoms with van der Waals surface area (Å²) in [4.78, 5) is 4.56. The van der Waals surface area contributed by atoms with Crippen molar-refractivity contribution < 1.29 is 9.31 Å². The topological polar surface area (TPSA) is 31.4 Å². The van der Waals surface area contributed by atoms with E-state index in [1.165, 1.54) is 6.42 Å². The molecule has 4 heteroatoms. The molecule has 1 aromatic carbocycles. The highest BCUT2D eigenvalue weighted by atomic mass is 16.7. The van der Waals surface area contributed by atoms with E-state index in [9.17, 15) is 0 Å². The molecule has 3 saturated carbocycles. The van der Waals surface area contributed by atoms with E-state index in [1.54, 1.807) is 0 Å². The van der Waals surface area contributed by atoms with Crippen LogP contribution in [0.4, 0.5) is 0 Å². The van der Waals surface area contributed by atoms with Crippen LogP contribution >= 0.6 is 0 Å². The van der Waals surface area contributed by atoms with Crippen molar-refractivity contribution in [3.05, 3.63) is 36.5 Å². The molecule has 4 aliphatic rings. The van der Waals surface area contributed by atoms with Gasteiger partial charge in [0.25, 0.3) is 0 Å². The van der Waals surface area contributed by atoms with Crippen molar-refractivity contribution in [1.82, 2.24) is 4.98 Å². The molecule has 4 unspecified atom stereocenters. The molecule has 0 radical (unpaired) electrons. The van der Waals surface area contributed by atoms with E-state index < -0.39 is 0 Å². The maximum Gasteiger partial charge on any atom is 0.496 e. The van der Waals surface area contributed by atoms with Gasteiger partial charge < -0.3 is 9.31 Å². The number of pyridine rings is 1. The zero-order valence-electron chi connectivity index (χ0n) is 14.0. The van der Waals surface area contributed by atoms with Gasteiger partial charge in [-0.05, 0) is 48.5 Å². The third-order valence-corrected chi connectivity index (χ3v) is 6.87. The maximum absolute atomic E-state index is 6.57. The Morgan fingerprint density at radius 2 is 1.96 bits per heavy atom. The van der Waals surface area contributed by atoms with Crippen LogP contribution in [0.5, 0.6) is 0 Å². The zero-order valence-corrected chi connectivity index (χ0v) is 14.0. The van der Waals surface area contributed by atoms with Crippen LogP contribution in [0.15, 0.2) is 36.5 Å². The van der Waals surface area contributed by atoms with Crippen LogP contribution in [0.3, 0.4) is 0 Å². The minimum absolute atomic E-state index is 0.167. The number of para-hydroxylation sites is 1. The van der Waals surface area contributed by atoms with E-state index in [4.69, 9.17) is 9.31 Å². The highest BCUT2D eigenvalue weighted by Gasteiger charge is 2.68. The van der Waals surface area contributed by atoms with Gasteiger partial charge in [-0.25, -0.2) is 0 Å². The second-order valence-corrected chi connectivity index (χ2v) is 8.22. The van der Waals surface area contributed by atoms with Gasteiger partial charge in [0, 0.05) is 11.7 Å². The molecule has 4 fully saturated rings. The molecule has 0 spiro atoms. The number of rotatable bonds is 1. The first-order valence-corrected chi connectivity index (χ1v) is 8.67. The minimum atomic E-state index is -0.293. The molecule has 4 atom stereocenters. The summed E-state index contributed by atoms with van der Waals surface area (Å²) in [5.74, 6) is 1.37. The average molecular weight is 307 g/mol. The molecule has 1 aliphatic heterocycles. The van der Waals surface area contributed by atoms with Crippen molar-refractivity contribution in [2.24, 2.45) is 17.3 Å². The van der Waals surface area contributed by atoms with Crippen LogP contribution in [-0.2, 0) is 9.31 Å². The molecular weight excluding hydrogens is 285 g/mol. The molecule has 0 N–H and O–H groups in total. The number of nitrogens with zero attached hydrogens (tertiary/aromatic N) is 1. The molecule has 3 nitrogen and oxygen atoms in total. The van der Waals surface area contributed by atoms with Crippen molar-refractivity contribution in [3.8, 4) is 0 Å². The van der Waals surface area contributed by atoms with Gasteiger partial charge in [0.2, 0.25) is 0 Å². The van der Waals surface area contributed by atoms with Crippen LogP contribution in [0, 0.1) is 17.3 Å². The van der Waals surface area contributed by atoms with Crippen LogP contribution in [-0.4, -0.2) is 23.8 Å². The van der Waals surface area contributed by atoms with Gasteiger partial charge in [0.15, 0.2) is 0 Å². The number of hydrogen-bond donors (Lipinski definition) is 0. The Balaban J connectivity index is 1.55. The third-order valence-electron chi connectivity index (χ3n) is 6.87. The lowest BCUT2D eigenvalue weighted by atomic mass is 9.43. The van der Waals surface area contributed by atoms with Crippen LogP contribution < -0.4 is 5.46 Å². The summed E-state index contributed by atoms with van der Waals surface area (Å²) in [5.41, 5.74) is 2.27. The summed E-state index contributed by atoms with van der Waals surface area (Å²) in [6.45, 7) is 7.05. The van der Waals surface area contributed by atoms with Crippen molar-refractivity contribution >= 4 is 23.5 Å². The lowest BCUT2D eigenvalue weighted by molar-refractivity contribution is -0.199. The van der Waals surface area contributed by atoms with E-state index in [2.05, 4.69) is 50.0 Å². The lowest BCUT2D eigenvalue weighted by Crippen LogP contribution is -2.65. The van der Waals surface area contributed by atoms with Gasteiger partial charge in [-0.2, -0.15) is 0 Å². The van der Waals surface area contributed by atoms with Crippen LogP contribution in [0.1, 0.15) is 33.6 Å². The fraction of sp³-hybridized carbons (Fsp3) is 0.526. The molecule has 2 bridgehead atoms. The SMILES string of the molecule is CC1(C)C2CC3OB(c4cccc5cccnc45)OC3(C)C1C2. The van der Waals surface area contributed by atoms with E-state index in [0.29, 0.717) is 11.3 Å². The Hall–Kier alpha value is -1.39. The van der Waals surface area contributed by atoms with Crippen molar-refractivity contribution in [3.63, 3.8) is 0 Å². The lowest BCUT2D eigenvalue weighted by Gasteiger charge is -2.64. The molecule has 2 heterocycles. The minimum Gasteiger partial charge on any atom is -0.401 e. The number of fused-ring (bicyclic) bond motifs is 1. The summed E-state index contributed by atoms with van der Waals surface area (Å²) in [6.07, 6.45) is 4.46. The average Bonchev–Trinajstić information content (AvgIpc) is 2.90. The van der Waals surface area contributed by atoms with Gasteiger partial charge in [-0.1, -0.05) is 38.1 Å². The largest absolute Gasteiger partial charge is 0.496 e. The van der Waals surface area contributed by atoms with E-state index in [-0.39, 0.29) is 18.8 Å². The first kappa shape index (κ1) is 14.0. The fourth-order valence-electron chi connectivity index (χ4n) is 5.32. The highest BCUT2D eigenvalue weighted by Crippen LogP contribution is 2.65. The Labute approximate surface area is 137 Å². The maximum atomic E-state index is 6.57. The molecule has 1 aromatic heterocycles. The predicted molar refractivity (Wildman–Crippen MR) is 91.5 cm³/mol. The van der Waals surface area contributed by atoms with Crippen molar-refractivity contribution in [1.29, 1.82) is 0 Å². The van der Waals surface area contributed by atoms with Crippen LogP contribution in [0.2, 0.25) is 0 Å². The monoisotopic (exact) mass is 307 g/mol. The quantitative estimate of drug-likeness (QED) is 0.758. The van der Waals surface area contributed by atoms with E-state index in [0.717, 1.165) is 28.7 Å². The molecule has 23 heavy (non-hydrogen) atoms. The number of hydrogen-bond acceptors (Lipinski definition) is 3. The summed E-state index contributed by atoms with van der Waals surface area (Å²) in [6, 6.07) is 10.3. The standard InChI is InChI=1S/C19H22BNO2/c1-18(2)13-10-15(18)19(3)16(11-13)22-20(23-19)14-8-4-6-12-7-5-9-21-17(12)14/h4-9,13,15-16H,10-11H2,1-3H3. The Kier molecular flexibility index (Phi) is 2.66. The highest BCUT2D eigenvalue weighted by molar-refractivity contribution is 6.64. The second kappa shape index (κ2) is 4.37. The second-order valence-electron chi connectivity index (χ2n) is 8.22. The summed E-state index contributed by atoms with van der Waals surface area (Å²) in [7, 11) is -0.293. The van der Waals surface area contributed by atoms with Gasteiger partial charge in [0.1, 0.15) is 0 Å². The first-order valence-electron chi connectivity index (χ1n) is 8.67. The van der Waals surface area contributed by atoms with Gasteiger partial charge in [-0.15, -0.1) is 0 Å². The third kappa shape index (κ3) is 1.71. The molecule has 1 saturated heterocycles. The summed E-state index contributed by atoms with van der Waals surface area (Å²) in [5, 5.41) is 1.14. The Morgan fingerprint density at radius 1 is 1.13 bits per heavy atom. The Morgan fingerprint density at radius 3 is 2.78 bits per heavy atom. The van der Waals surface area contributed by atoms with Crippen LogP contribution in [0.25, 0.3) is 10.9 Å². The predicted octanol–water partition coefficient (Wildman–Crippen LogP) is 3.17. The smallest absolute Gasteiger partial charge is 0.401 e. The molecule has 3 aliphatic carbocycles. The normalized spacial score (nSPS) is 37.5. The van der Waals surface area contributed by atoms with Gasteiger partial charge >= 0.3 is 7.12 Å². The molecule has 6 rings (SSSR count). The van der Waals surface area contributed by atoms with Crippen molar-refractivity contribution in [2.75, 3.05) is 0 Å². The Bertz CT molecular complexity index is 787. The molecular formula is C19H22BNO2. The molecule has 0 amide bonds. The molecule has 118 valence electrons.